The molecule has 0 aliphatic heterocycles. The minimum atomic E-state index is -0.680. The molecule has 0 spiro atoms. The third kappa shape index (κ3) is 6.77. The van der Waals surface area contributed by atoms with E-state index in [4.69, 9.17) is 9.47 Å². The zero-order valence-corrected chi connectivity index (χ0v) is 15.4. The molecule has 132 valence electrons. The summed E-state index contributed by atoms with van der Waals surface area (Å²) in [5.41, 5.74) is 0.798. The van der Waals surface area contributed by atoms with Gasteiger partial charge in [-0.1, -0.05) is 67.6 Å². The third-order valence-corrected chi connectivity index (χ3v) is 4.89. The summed E-state index contributed by atoms with van der Waals surface area (Å²) in [4.78, 5) is 13.4. The minimum absolute atomic E-state index is 0.256. The molecule has 0 aliphatic carbocycles. The van der Waals surface area contributed by atoms with Crippen molar-refractivity contribution in [1.29, 1.82) is 0 Å². The van der Waals surface area contributed by atoms with Gasteiger partial charge in [0.15, 0.2) is 6.10 Å². The minimum Gasteiger partial charge on any atom is -0.459 e. The summed E-state index contributed by atoms with van der Waals surface area (Å²) in [6, 6.07) is 19.7. The van der Waals surface area contributed by atoms with Crippen molar-refractivity contribution in [3.05, 3.63) is 78.4 Å². The summed E-state index contributed by atoms with van der Waals surface area (Å²) >= 11 is 1.82. The van der Waals surface area contributed by atoms with Gasteiger partial charge >= 0.3 is 5.97 Å². The molecule has 4 heteroatoms. The molecular formula is C21H24O3S. The molecule has 0 saturated carbocycles. The van der Waals surface area contributed by atoms with Gasteiger partial charge in [0.2, 0.25) is 0 Å². The zero-order chi connectivity index (χ0) is 17.9. The number of esters is 1. The van der Waals surface area contributed by atoms with Gasteiger partial charge in [0.05, 0.1) is 0 Å². The molecule has 2 rings (SSSR count). The van der Waals surface area contributed by atoms with Crippen molar-refractivity contribution in [2.24, 2.45) is 5.92 Å². The van der Waals surface area contributed by atoms with Crippen LogP contribution in [0.4, 0.5) is 0 Å². The number of ether oxygens (including phenoxy) is 2. The van der Waals surface area contributed by atoms with Crippen LogP contribution in [0.1, 0.15) is 18.6 Å². The lowest BCUT2D eigenvalue weighted by Crippen LogP contribution is -2.17. The molecule has 0 amide bonds. The Bertz CT molecular complexity index is 655. The van der Waals surface area contributed by atoms with Crippen LogP contribution in [0, 0.1) is 5.92 Å². The summed E-state index contributed by atoms with van der Waals surface area (Å²) in [6.07, 6.45) is 3.29. The highest BCUT2D eigenvalue weighted by molar-refractivity contribution is 7.99. The fraction of sp³-hybridized carbons (Fsp3) is 0.286. The summed E-state index contributed by atoms with van der Waals surface area (Å²) in [7, 11) is 1.51. The number of rotatable bonds is 9. The van der Waals surface area contributed by atoms with E-state index in [-0.39, 0.29) is 12.6 Å². The third-order valence-electron chi connectivity index (χ3n) is 3.59. The molecule has 0 saturated heterocycles. The summed E-state index contributed by atoms with van der Waals surface area (Å²) in [5, 5.41) is 0. The lowest BCUT2D eigenvalue weighted by atomic mass is 10.1. The van der Waals surface area contributed by atoms with Crippen molar-refractivity contribution in [2.75, 3.05) is 19.5 Å². The second-order valence-electron chi connectivity index (χ2n) is 5.69. The average molecular weight is 356 g/mol. The van der Waals surface area contributed by atoms with E-state index < -0.39 is 6.10 Å². The predicted molar refractivity (Wildman–Crippen MR) is 103 cm³/mol. The molecule has 0 aliphatic rings. The van der Waals surface area contributed by atoms with E-state index >= 15 is 0 Å². The highest BCUT2D eigenvalue weighted by Crippen LogP contribution is 2.21. The van der Waals surface area contributed by atoms with Gasteiger partial charge in [0.25, 0.3) is 0 Å². The molecule has 2 aromatic rings. The fourth-order valence-electron chi connectivity index (χ4n) is 2.29. The van der Waals surface area contributed by atoms with Crippen LogP contribution >= 0.6 is 11.8 Å². The molecule has 2 aromatic carbocycles. The van der Waals surface area contributed by atoms with Gasteiger partial charge in [0.1, 0.15) is 6.61 Å². The predicted octanol–water partition coefficient (Wildman–Crippen LogP) is 4.90. The van der Waals surface area contributed by atoms with Crippen LogP contribution in [0.2, 0.25) is 0 Å². The van der Waals surface area contributed by atoms with E-state index in [9.17, 15) is 4.79 Å². The second kappa shape index (κ2) is 10.7. The Labute approximate surface area is 154 Å². The Balaban J connectivity index is 1.73. The number of hydrogen-bond acceptors (Lipinski definition) is 4. The Morgan fingerprint density at radius 3 is 2.36 bits per heavy atom. The molecule has 2 atom stereocenters. The van der Waals surface area contributed by atoms with Crippen LogP contribution in [0.25, 0.3) is 0 Å². The number of hydrogen-bond donors (Lipinski definition) is 0. The summed E-state index contributed by atoms with van der Waals surface area (Å²) < 4.78 is 10.6. The first-order valence-corrected chi connectivity index (χ1v) is 9.28. The highest BCUT2D eigenvalue weighted by atomic mass is 32.2. The second-order valence-corrected chi connectivity index (χ2v) is 6.78. The van der Waals surface area contributed by atoms with E-state index in [2.05, 4.69) is 25.1 Å². The van der Waals surface area contributed by atoms with E-state index in [0.717, 1.165) is 11.3 Å². The van der Waals surface area contributed by atoms with Crippen LogP contribution < -0.4 is 0 Å². The van der Waals surface area contributed by atoms with Crippen LogP contribution in [0.3, 0.4) is 0 Å². The van der Waals surface area contributed by atoms with Crippen LogP contribution in [-0.4, -0.2) is 25.4 Å². The number of benzene rings is 2. The quantitative estimate of drug-likeness (QED) is 0.364. The van der Waals surface area contributed by atoms with Crippen LogP contribution in [-0.2, 0) is 14.3 Å². The van der Waals surface area contributed by atoms with Gasteiger partial charge in [-0.15, -0.1) is 11.8 Å². The van der Waals surface area contributed by atoms with E-state index in [1.165, 1.54) is 12.0 Å². The molecule has 0 aromatic heterocycles. The van der Waals surface area contributed by atoms with Crippen molar-refractivity contribution in [3.63, 3.8) is 0 Å². The van der Waals surface area contributed by atoms with Gasteiger partial charge in [-0.3, -0.25) is 0 Å². The number of methoxy groups -OCH3 is 1. The monoisotopic (exact) mass is 356 g/mol. The van der Waals surface area contributed by atoms with E-state index in [1.807, 2.05) is 66.4 Å². The maximum Gasteiger partial charge on any atom is 0.340 e. The maximum absolute atomic E-state index is 12.1. The Kier molecular flexibility index (Phi) is 8.29. The zero-order valence-electron chi connectivity index (χ0n) is 14.6. The highest BCUT2D eigenvalue weighted by Gasteiger charge is 2.20. The standard InChI is InChI=1S/C21H24O3S/c1-17(16-25-19-13-7-4-8-14-19)10-9-15-24-21(22)20(23-2)18-11-5-3-6-12-18/h3-14,17,20H,15-16H2,1-2H3/b10-9-/t17-,20?/m0/s1. The van der Waals surface area contributed by atoms with Gasteiger partial charge in [-0.25, -0.2) is 4.79 Å². The summed E-state index contributed by atoms with van der Waals surface area (Å²) in [5.74, 6) is 1.01. The van der Waals surface area contributed by atoms with Crippen molar-refractivity contribution in [1.82, 2.24) is 0 Å². The van der Waals surface area contributed by atoms with Crippen molar-refractivity contribution in [3.8, 4) is 0 Å². The molecule has 1 unspecified atom stereocenters. The van der Waals surface area contributed by atoms with Gasteiger partial charge in [0, 0.05) is 17.8 Å². The number of thioether (sulfide) groups is 1. The van der Waals surface area contributed by atoms with Crippen molar-refractivity contribution < 1.29 is 14.3 Å². The molecular weight excluding hydrogens is 332 g/mol. The molecule has 0 N–H and O–H groups in total. The first kappa shape index (κ1) is 19.3. The van der Waals surface area contributed by atoms with E-state index in [1.54, 1.807) is 0 Å². The van der Waals surface area contributed by atoms with E-state index in [0.29, 0.717) is 5.92 Å². The normalized spacial score (nSPS) is 13.5. The topological polar surface area (TPSA) is 35.5 Å². The van der Waals surface area contributed by atoms with Crippen molar-refractivity contribution in [2.45, 2.75) is 17.9 Å². The lowest BCUT2D eigenvalue weighted by Gasteiger charge is -2.14. The van der Waals surface area contributed by atoms with Gasteiger partial charge in [-0.2, -0.15) is 0 Å². The largest absolute Gasteiger partial charge is 0.459 e. The molecule has 0 heterocycles. The van der Waals surface area contributed by atoms with Crippen molar-refractivity contribution >= 4 is 17.7 Å². The number of carbonyl (C=O) groups is 1. The van der Waals surface area contributed by atoms with Crippen LogP contribution in [0.5, 0.6) is 0 Å². The van der Waals surface area contributed by atoms with Gasteiger partial charge < -0.3 is 9.47 Å². The Hall–Kier alpha value is -2.04. The first-order chi connectivity index (χ1) is 12.2. The number of allylic oxidation sites excluding steroid dienone is 1. The maximum atomic E-state index is 12.1. The summed E-state index contributed by atoms with van der Waals surface area (Å²) in [6.45, 7) is 2.40. The molecule has 0 radical (unpaired) electrons. The molecule has 0 fully saturated rings. The smallest absolute Gasteiger partial charge is 0.340 e. The molecule has 25 heavy (non-hydrogen) atoms. The van der Waals surface area contributed by atoms with Gasteiger partial charge in [-0.05, 0) is 23.6 Å². The fourth-order valence-corrected chi connectivity index (χ4v) is 3.21. The molecule has 0 bridgehead atoms. The Morgan fingerprint density at radius 2 is 1.72 bits per heavy atom. The van der Waals surface area contributed by atoms with Crippen LogP contribution in [0.15, 0.2) is 77.7 Å². The Morgan fingerprint density at radius 1 is 1.08 bits per heavy atom. The average Bonchev–Trinajstić information content (AvgIpc) is 2.66. The molecule has 3 nitrogen and oxygen atoms in total. The first-order valence-electron chi connectivity index (χ1n) is 8.29. The SMILES string of the molecule is COC(C(=O)OC/C=C\[C@H](C)CSc1ccccc1)c1ccccc1. The number of carbonyl (C=O) groups excluding carboxylic acids is 1. The lowest BCUT2D eigenvalue weighted by molar-refractivity contribution is -0.154.